The highest BCUT2D eigenvalue weighted by atomic mass is 16.5. The molecule has 0 aliphatic carbocycles. The minimum absolute atomic E-state index is 0.315. The maximum Gasteiger partial charge on any atom is 0.129 e. The van der Waals surface area contributed by atoms with Crippen LogP contribution in [0.15, 0.2) is 22.8 Å². The lowest BCUT2D eigenvalue weighted by molar-refractivity contribution is 0.0200. The van der Waals surface area contributed by atoms with Crippen LogP contribution in [0.1, 0.15) is 25.0 Å². The van der Waals surface area contributed by atoms with Crippen LogP contribution < -0.4 is 5.32 Å². The van der Waals surface area contributed by atoms with Crippen LogP contribution in [-0.2, 0) is 16.1 Å². The Kier molecular flexibility index (Phi) is 4.18. The van der Waals surface area contributed by atoms with Crippen LogP contribution in [0.3, 0.4) is 0 Å². The van der Waals surface area contributed by atoms with Gasteiger partial charge in [-0.25, -0.2) is 0 Å². The first-order valence-corrected chi connectivity index (χ1v) is 6.98. The molecular formula is C14H21NO4. The van der Waals surface area contributed by atoms with E-state index >= 15 is 0 Å². The fourth-order valence-corrected chi connectivity index (χ4v) is 2.89. The predicted molar refractivity (Wildman–Crippen MR) is 68.7 cm³/mol. The molecule has 5 nitrogen and oxygen atoms in total. The highest BCUT2D eigenvalue weighted by Crippen LogP contribution is 2.34. The van der Waals surface area contributed by atoms with Crippen molar-refractivity contribution in [3.8, 4) is 0 Å². The molecule has 106 valence electrons. The second-order valence-electron chi connectivity index (χ2n) is 5.37. The average molecular weight is 267 g/mol. The number of hydrogen-bond donors (Lipinski definition) is 2. The molecule has 1 aromatic rings. The molecule has 2 aliphatic rings. The van der Waals surface area contributed by atoms with E-state index in [0.717, 1.165) is 18.6 Å². The summed E-state index contributed by atoms with van der Waals surface area (Å²) in [5, 5.41) is 13.2. The molecule has 19 heavy (non-hydrogen) atoms. The highest BCUT2D eigenvalue weighted by Gasteiger charge is 2.40. The van der Waals surface area contributed by atoms with Gasteiger partial charge in [-0.15, -0.1) is 0 Å². The Hall–Kier alpha value is -0.880. The number of aliphatic hydroxyl groups is 1. The topological polar surface area (TPSA) is 63.9 Å². The lowest BCUT2D eigenvalue weighted by Crippen LogP contribution is -2.42. The van der Waals surface area contributed by atoms with Gasteiger partial charge in [0.05, 0.1) is 31.2 Å². The fourth-order valence-electron chi connectivity index (χ4n) is 2.89. The van der Waals surface area contributed by atoms with Crippen LogP contribution in [0.2, 0.25) is 0 Å². The average Bonchev–Trinajstić information content (AvgIpc) is 3.13. The van der Waals surface area contributed by atoms with Gasteiger partial charge in [-0.1, -0.05) is 0 Å². The molecule has 1 aromatic heterocycles. The van der Waals surface area contributed by atoms with Crippen LogP contribution in [0.5, 0.6) is 0 Å². The van der Waals surface area contributed by atoms with E-state index in [1.54, 1.807) is 6.26 Å². The van der Waals surface area contributed by atoms with Gasteiger partial charge in [-0.2, -0.15) is 0 Å². The summed E-state index contributed by atoms with van der Waals surface area (Å²) in [7, 11) is 0. The van der Waals surface area contributed by atoms with E-state index in [0.29, 0.717) is 38.0 Å². The molecule has 2 fully saturated rings. The molecule has 2 bridgehead atoms. The summed E-state index contributed by atoms with van der Waals surface area (Å²) in [5.41, 5.74) is 0. The van der Waals surface area contributed by atoms with E-state index in [-0.39, 0.29) is 0 Å². The molecule has 0 amide bonds. The zero-order valence-corrected chi connectivity index (χ0v) is 11.0. The Morgan fingerprint density at radius 2 is 2.42 bits per heavy atom. The van der Waals surface area contributed by atoms with E-state index in [1.165, 1.54) is 6.42 Å². The minimum atomic E-state index is -0.492. The predicted octanol–water partition coefficient (Wildman–Crippen LogP) is 1.07. The monoisotopic (exact) mass is 267 g/mol. The molecule has 4 atom stereocenters. The summed E-state index contributed by atoms with van der Waals surface area (Å²) in [6, 6.07) is 4.08. The maximum absolute atomic E-state index is 9.85. The van der Waals surface area contributed by atoms with Gasteiger partial charge < -0.3 is 24.3 Å². The van der Waals surface area contributed by atoms with Gasteiger partial charge in [0, 0.05) is 12.6 Å². The molecule has 4 unspecified atom stereocenters. The molecule has 0 spiro atoms. The molecule has 0 saturated carbocycles. The molecule has 0 aromatic carbocycles. The third-order valence-electron chi connectivity index (χ3n) is 3.86. The van der Waals surface area contributed by atoms with Crippen molar-refractivity contribution >= 4 is 0 Å². The van der Waals surface area contributed by atoms with Crippen molar-refractivity contribution in [3.63, 3.8) is 0 Å². The van der Waals surface area contributed by atoms with E-state index in [9.17, 15) is 5.11 Å². The van der Waals surface area contributed by atoms with E-state index in [4.69, 9.17) is 13.9 Å². The van der Waals surface area contributed by atoms with Crippen molar-refractivity contribution < 1.29 is 19.0 Å². The smallest absolute Gasteiger partial charge is 0.129 e. The molecule has 2 N–H and O–H groups in total. The first kappa shape index (κ1) is 13.1. The highest BCUT2D eigenvalue weighted by molar-refractivity contribution is 4.96. The van der Waals surface area contributed by atoms with Gasteiger partial charge in [-0.05, 0) is 31.4 Å². The van der Waals surface area contributed by atoms with Crippen LogP contribution in [0.25, 0.3) is 0 Å². The second kappa shape index (κ2) is 6.05. The third-order valence-corrected chi connectivity index (χ3v) is 3.86. The Bertz CT molecular complexity index is 381. The van der Waals surface area contributed by atoms with E-state index in [1.807, 2.05) is 12.1 Å². The Labute approximate surface area is 112 Å². The van der Waals surface area contributed by atoms with Crippen molar-refractivity contribution in [3.05, 3.63) is 24.2 Å². The minimum Gasteiger partial charge on any atom is -0.467 e. The summed E-state index contributed by atoms with van der Waals surface area (Å²) < 4.78 is 16.3. The van der Waals surface area contributed by atoms with Gasteiger partial charge in [0.15, 0.2) is 0 Å². The zero-order chi connectivity index (χ0) is 13.1. The van der Waals surface area contributed by atoms with E-state index in [2.05, 4.69) is 5.32 Å². The number of nitrogens with one attached hydrogen (secondary N) is 1. The number of aliphatic hydroxyl groups excluding tert-OH is 1. The van der Waals surface area contributed by atoms with Crippen LogP contribution in [-0.4, -0.2) is 42.6 Å². The molecule has 5 heteroatoms. The van der Waals surface area contributed by atoms with Gasteiger partial charge in [0.1, 0.15) is 12.4 Å². The molecule has 3 heterocycles. The standard InChI is InChI=1S/C14H21NO4/c16-10(8-17-9-12-2-1-5-18-12)7-15-13-6-11-3-4-14(13)19-11/h1-2,5,10-11,13-16H,3-4,6-9H2. The molecule has 2 aliphatic heterocycles. The summed E-state index contributed by atoms with van der Waals surface area (Å²) in [6.45, 7) is 1.27. The number of ether oxygens (including phenoxy) is 2. The summed E-state index contributed by atoms with van der Waals surface area (Å²) in [4.78, 5) is 0. The maximum atomic E-state index is 9.85. The van der Waals surface area contributed by atoms with Gasteiger partial charge in [-0.3, -0.25) is 0 Å². The largest absolute Gasteiger partial charge is 0.467 e. The van der Waals surface area contributed by atoms with Crippen molar-refractivity contribution in [2.75, 3.05) is 13.2 Å². The van der Waals surface area contributed by atoms with Crippen molar-refractivity contribution in [2.24, 2.45) is 0 Å². The Morgan fingerprint density at radius 1 is 1.47 bits per heavy atom. The van der Waals surface area contributed by atoms with Crippen molar-refractivity contribution in [1.29, 1.82) is 0 Å². The molecular weight excluding hydrogens is 246 g/mol. The van der Waals surface area contributed by atoms with Crippen molar-refractivity contribution in [2.45, 2.75) is 50.2 Å². The quantitative estimate of drug-likeness (QED) is 0.773. The number of hydrogen-bond acceptors (Lipinski definition) is 5. The normalized spacial score (nSPS) is 30.9. The summed E-state index contributed by atoms with van der Waals surface area (Å²) >= 11 is 0. The lowest BCUT2D eigenvalue weighted by atomic mass is 9.95. The third kappa shape index (κ3) is 3.36. The lowest BCUT2D eigenvalue weighted by Gasteiger charge is -2.21. The Morgan fingerprint density at radius 3 is 3.11 bits per heavy atom. The summed E-state index contributed by atoms with van der Waals surface area (Å²) in [6.07, 6.45) is 5.33. The first-order chi connectivity index (χ1) is 9.31. The van der Waals surface area contributed by atoms with Crippen LogP contribution in [0.4, 0.5) is 0 Å². The second-order valence-corrected chi connectivity index (χ2v) is 5.37. The van der Waals surface area contributed by atoms with Crippen molar-refractivity contribution in [1.82, 2.24) is 5.32 Å². The number of furan rings is 1. The SMILES string of the molecule is OC(CNC1CC2CCC1O2)COCc1ccco1. The zero-order valence-electron chi connectivity index (χ0n) is 11.0. The van der Waals surface area contributed by atoms with Crippen LogP contribution in [0, 0.1) is 0 Å². The number of rotatable bonds is 7. The number of fused-ring (bicyclic) bond motifs is 2. The van der Waals surface area contributed by atoms with Gasteiger partial charge in [0.25, 0.3) is 0 Å². The van der Waals surface area contributed by atoms with Gasteiger partial charge >= 0.3 is 0 Å². The summed E-state index contributed by atoms with van der Waals surface area (Å²) in [5.74, 6) is 0.779. The van der Waals surface area contributed by atoms with Crippen LogP contribution >= 0.6 is 0 Å². The molecule has 0 radical (unpaired) electrons. The Balaban J connectivity index is 1.30. The first-order valence-electron chi connectivity index (χ1n) is 6.98. The molecule has 2 saturated heterocycles. The van der Waals surface area contributed by atoms with E-state index < -0.39 is 6.10 Å². The molecule has 3 rings (SSSR count). The fraction of sp³-hybridized carbons (Fsp3) is 0.714. The van der Waals surface area contributed by atoms with Gasteiger partial charge in [0.2, 0.25) is 0 Å².